The monoisotopic (exact) mass is 239 g/mol. The van der Waals surface area contributed by atoms with E-state index in [9.17, 15) is 14.4 Å². The lowest BCUT2D eigenvalue weighted by molar-refractivity contribution is -0.130. The smallest absolute Gasteiger partial charge is 0.327 e. The highest BCUT2D eigenvalue weighted by Crippen LogP contribution is 2.06. The zero-order chi connectivity index (χ0) is 12.8. The van der Waals surface area contributed by atoms with Gasteiger partial charge in [-0.25, -0.2) is 4.79 Å². The highest BCUT2D eigenvalue weighted by Gasteiger charge is 2.34. The third-order valence-corrected chi connectivity index (χ3v) is 2.40. The molecule has 0 spiro atoms. The number of hydrogen-bond donors (Lipinski definition) is 1. The van der Waals surface area contributed by atoms with Gasteiger partial charge in [-0.15, -0.1) is 0 Å². The number of rotatable bonds is 5. The van der Waals surface area contributed by atoms with Crippen LogP contribution < -0.4 is 5.32 Å². The summed E-state index contributed by atoms with van der Waals surface area (Å²) >= 11 is 0. The number of urea groups is 1. The molecule has 0 aromatic heterocycles. The van der Waals surface area contributed by atoms with Crippen molar-refractivity contribution in [2.45, 2.75) is 13.3 Å². The molecule has 0 saturated carbocycles. The lowest BCUT2D eigenvalue weighted by Crippen LogP contribution is -2.41. The molecule has 0 atom stereocenters. The average molecular weight is 239 g/mol. The van der Waals surface area contributed by atoms with Gasteiger partial charge in [0.05, 0.1) is 0 Å². The third kappa shape index (κ3) is 3.58. The van der Waals surface area contributed by atoms with Crippen molar-refractivity contribution in [3.63, 3.8) is 0 Å². The zero-order valence-electron chi connectivity index (χ0n) is 10.1. The number of nitrogens with zero attached hydrogens (tertiary/aromatic N) is 2. The van der Waals surface area contributed by atoms with Crippen LogP contribution in [0.25, 0.3) is 0 Å². The SMILES string of the molecule is C/C=C/CCNC(=O)CN1C(=O)CN(C)C1=O. The maximum atomic E-state index is 11.5. The van der Waals surface area contributed by atoms with Gasteiger partial charge in [-0.1, -0.05) is 12.2 Å². The number of likely N-dealkylation sites (N-methyl/N-ethyl adjacent to an activating group) is 1. The van der Waals surface area contributed by atoms with Crippen molar-refractivity contribution >= 4 is 17.8 Å². The van der Waals surface area contributed by atoms with Crippen molar-refractivity contribution in [2.75, 3.05) is 26.7 Å². The van der Waals surface area contributed by atoms with Crippen molar-refractivity contribution in [1.82, 2.24) is 15.1 Å². The van der Waals surface area contributed by atoms with Gasteiger partial charge in [0.2, 0.25) is 5.91 Å². The molecule has 6 heteroatoms. The summed E-state index contributed by atoms with van der Waals surface area (Å²) in [6.07, 6.45) is 4.57. The van der Waals surface area contributed by atoms with Crippen LogP contribution in [0.5, 0.6) is 0 Å². The van der Waals surface area contributed by atoms with Gasteiger partial charge < -0.3 is 10.2 Å². The Morgan fingerprint density at radius 1 is 1.47 bits per heavy atom. The summed E-state index contributed by atoms with van der Waals surface area (Å²) in [6, 6.07) is -0.418. The highest BCUT2D eigenvalue weighted by molar-refractivity contribution is 6.04. The van der Waals surface area contributed by atoms with Crippen LogP contribution in [0.2, 0.25) is 0 Å². The maximum absolute atomic E-state index is 11.5. The highest BCUT2D eigenvalue weighted by atomic mass is 16.2. The molecule has 1 heterocycles. The molecule has 0 aliphatic carbocycles. The Balaban J connectivity index is 2.36. The number of carbonyl (C=O) groups is 3. The van der Waals surface area contributed by atoms with Crippen molar-refractivity contribution in [2.24, 2.45) is 0 Å². The Kier molecular flexibility index (Phi) is 4.68. The van der Waals surface area contributed by atoms with Gasteiger partial charge in [0, 0.05) is 13.6 Å². The first kappa shape index (κ1) is 13.2. The van der Waals surface area contributed by atoms with Crippen LogP contribution in [0.3, 0.4) is 0 Å². The van der Waals surface area contributed by atoms with E-state index in [0.717, 1.165) is 11.3 Å². The largest absolute Gasteiger partial charge is 0.354 e. The third-order valence-electron chi connectivity index (χ3n) is 2.40. The minimum Gasteiger partial charge on any atom is -0.354 e. The number of nitrogens with one attached hydrogen (secondary N) is 1. The molecule has 0 unspecified atom stereocenters. The summed E-state index contributed by atoms with van der Waals surface area (Å²) in [5.74, 6) is -0.646. The molecule has 1 rings (SSSR count). The minimum absolute atomic E-state index is 0.0463. The Morgan fingerprint density at radius 2 is 2.18 bits per heavy atom. The lowest BCUT2D eigenvalue weighted by Gasteiger charge is -2.13. The molecule has 0 radical (unpaired) electrons. The molecule has 0 aromatic rings. The van der Waals surface area contributed by atoms with Crippen LogP contribution in [0.15, 0.2) is 12.2 Å². The van der Waals surface area contributed by atoms with Gasteiger partial charge in [-0.05, 0) is 13.3 Å². The molecule has 1 aliphatic rings. The number of allylic oxidation sites excluding steroid dienone is 1. The normalized spacial score (nSPS) is 16.1. The maximum Gasteiger partial charge on any atom is 0.327 e. The molecule has 4 amide bonds. The van der Waals surface area contributed by atoms with E-state index in [0.29, 0.717) is 6.54 Å². The molecule has 94 valence electrons. The number of imide groups is 1. The molecule has 1 fully saturated rings. The first-order valence-corrected chi connectivity index (χ1v) is 5.49. The standard InChI is InChI=1S/C11H17N3O3/c1-3-4-5-6-12-9(15)7-14-10(16)8-13(2)11(14)17/h3-4H,5-8H2,1-2H3,(H,12,15)/b4-3+. The fourth-order valence-corrected chi connectivity index (χ4v) is 1.49. The average Bonchev–Trinajstić information content (AvgIpc) is 2.52. The van der Waals surface area contributed by atoms with Crippen LogP contribution in [-0.4, -0.2) is 54.3 Å². The van der Waals surface area contributed by atoms with Gasteiger partial charge >= 0.3 is 6.03 Å². The first-order valence-electron chi connectivity index (χ1n) is 5.49. The van der Waals surface area contributed by atoms with Gasteiger partial charge in [0.15, 0.2) is 0 Å². The summed E-state index contributed by atoms with van der Waals surface area (Å²) < 4.78 is 0. The molecule has 0 aromatic carbocycles. The summed E-state index contributed by atoms with van der Waals surface area (Å²) in [4.78, 5) is 36.6. The summed E-state index contributed by atoms with van der Waals surface area (Å²) in [5.41, 5.74) is 0. The summed E-state index contributed by atoms with van der Waals surface area (Å²) in [5, 5.41) is 2.65. The van der Waals surface area contributed by atoms with Crippen LogP contribution in [0, 0.1) is 0 Å². The van der Waals surface area contributed by atoms with Crippen LogP contribution in [0.4, 0.5) is 4.79 Å². The van der Waals surface area contributed by atoms with Crippen molar-refractivity contribution < 1.29 is 14.4 Å². The van der Waals surface area contributed by atoms with Crippen LogP contribution >= 0.6 is 0 Å². The van der Waals surface area contributed by atoms with E-state index in [1.165, 1.54) is 11.9 Å². The van der Waals surface area contributed by atoms with Crippen LogP contribution in [-0.2, 0) is 9.59 Å². The Labute approximate surface area is 100 Å². The summed E-state index contributed by atoms with van der Waals surface area (Å²) in [6.45, 7) is 2.26. The molecule has 1 aliphatic heterocycles. The quantitative estimate of drug-likeness (QED) is 0.416. The Hall–Kier alpha value is -1.85. The van der Waals surface area contributed by atoms with Gasteiger partial charge in [-0.2, -0.15) is 0 Å². The van der Waals surface area contributed by atoms with E-state index in [4.69, 9.17) is 0 Å². The fraction of sp³-hybridized carbons (Fsp3) is 0.545. The minimum atomic E-state index is -0.418. The molecular weight excluding hydrogens is 222 g/mol. The van der Waals surface area contributed by atoms with Gasteiger partial charge in [-0.3, -0.25) is 14.5 Å². The van der Waals surface area contributed by atoms with E-state index < -0.39 is 6.03 Å². The van der Waals surface area contributed by atoms with E-state index in [1.54, 1.807) is 0 Å². The van der Waals surface area contributed by atoms with Crippen molar-refractivity contribution in [3.05, 3.63) is 12.2 Å². The second-order valence-electron chi connectivity index (χ2n) is 3.83. The van der Waals surface area contributed by atoms with E-state index >= 15 is 0 Å². The van der Waals surface area contributed by atoms with Crippen molar-refractivity contribution in [3.8, 4) is 0 Å². The topological polar surface area (TPSA) is 69.7 Å². The predicted octanol–water partition coefficient (Wildman–Crippen LogP) is -0.0372. The van der Waals surface area contributed by atoms with Gasteiger partial charge in [0.1, 0.15) is 13.1 Å². The zero-order valence-corrected chi connectivity index (χ0v) is 10.1. The van der Waals surface area contributed by atoms with E-state index in [2.05, 4.69) is 5.32 Å². The number of hydrogen-bond acceptors (Lipinski definition) is 3. The second-order valence-corrected chi connectivity index (χ2v) is 3.83. The predicted molar refractivity (Wildman–Crippen MR) is 62.2 cm³/mol. The van der Waals surface area contributed by atoms with Crippen molar-refractivity contribution in [1.29, 1.82) is 0 Å². The second kappa shape index (κ2) is 6.03. The van der Waals surface area contributed by atoms with E-state index in [1.807, 2.05) is 19.1 Å². The number of amides is 4. The Morgan fingerprint density at radius 3 is 2.71 bits per heavy atom. The lowest BCUT2D eigenvalue weighted by atomic mass is 10.4. The summed E-state index contributed by atoms with van der Waals surface area (Å²) in [7, 11) is 1.53. The molecular formula is C11H17N3O3. The van der Waals surface area contributed by atoms with Gasteiger partial charge in [0.25, 0.3) is 5.91 Å². The fourth-order valence-electron chi connectivity index (χ4n) is 1.49. The molecule has 0 bridgehead atoms. The number of carbonyl (C=O) groups excluding carboxylic acids is 3. The Bertz CT molecular complexity index is 352. The molecule has 17 heavy (non-hydrogen) atoms. The molecule has 1 saturated heterocycles. The first-order chi connectivity index (χ1) is 8.06. The van der Waals surface area contributed by atoms with Crippen LogP contribution in [0.1, 0.15) is 13.3 Å². The molecule has 6 nitrogen and oxygen atoms in total. The molecule has 1 N–H and O–H groups in total. The van der Waals surface area contributed by atoms with E-state index in [-0.39, 0.29) is 24.9 Å².